The highest BCUT2D eigenvalue weighted by molar-refractivity contribution is 6.31. The van der Waals surface area contributed by atoms with Gasteiger partial charge in [-0.15, -0.1) is 0 Å². The minimum Gasteiger partial charge on any atom is -0.323 e. The second-order valence-corrected chi connectivity index (χ2v) is 6.86. The highest BCUT2D eigenvalue weighted by Crippen LogP contribution is 2.52. The summed E-state index contributed by atoms with van der Waals surface area (Å²) in [5, 5.41) is 0.899. The Hall–Kier alpha value is -0.570. The van der Waals surface area contributed by atoms with Crippen LogP contribution in [0.25, 0.3) is 0 Å². The summed E-state index contributed by atoms with van der Waals surface area (Å²) >= 11 is 6.35. The van der Waals surface area contributed by atoms with E-state index in [0.29, 0.717) is 6.04 Å². The Bertz CT molecular complexity index is 476. The first kappa shape index (κ1) is 13.4. The molecule has 0 amide bonds. The highest BCUT2D eigenvalue weighted by Gasteiger charge is 2.46. The van der Waals surface area contributed by atoms with Gasteiger partial charge in [0.2, 0.25) is 0 Å². The summed E-state index contributed by atoms with van der Waals surface area (Å²) in [6, 6.07) is 6.99. The molecule has 19 heavy (non-hydrogen) atoms. The van der Waals surface area contributed by atoms with Gasteiger partial charge in [0.25, 0.3) is 0 Å². The minimum atomic E-state index is 0.163. The Kier molecular flexibility index (Phi) is 3.36. The van der Waals surface area contributed by atoms with Gasteiger partial charge in [0, 0.05) is 17.1 Å². The molecule has 1 heterocycles. The zero-order chi connectivity index (χ0) is 13.6. The summed E-state index contributed by atoms with van der Waals surface area (Å²) in [5.41, 5.74) is 9.40. The van der Waals surface area contributed by atoms with E-state index in [1.807, 2.05) is 12.1 Å². The third-order valence-electron chi connectivity index (χ3n) is 5.20. The lowest BCUT2D eigenvalue weighted by molar-refractivity contribution is 0.0711. The number of rotatable bonds is 1. The molecule has 1 aliphatic heterocycles. The first-order valence-corrected chi connectivity index (χ1v) is 7.68. The highest BCUT2D eigenvalue weighted by atomic mass is 35.5. The first-order valence-electron chi connectivity index (χ1n) is 7.30. The Labute approximate surface area is 120 Å². The first-order chi connectivity index (χ1) is 9.03. The van der Waals surface area contributed by atoms with Crippen LogP contribution >= 0.6 is 11.6 Å². The average Bonchev–Trinajstić information content (AvgIpc) is 2.66. The fraction of sp³-hybridized carbons (Fsp3) is 0.625. The topological polar surface area (TPSA) is 29.3 Å². The van der Waals surface area contributed by atoms with E-state index in [1.165, 1.54) is 24.0 Å². The molecule has 0 unspecified atom stereocenters. The molecule has 2 N–H and O–H groups in total. The lowest BCUT2D eigenvalue weighted by atomic mass is 9.73. The van der Waals surface area contributed by atoms with Crippen molar-refractivity contribution in [2.24, 2.45) is 11.1 Å². The normalized spacial score (nSPS) is 26.1. The molecule has 0 saturated carbocycles. The number of piperidine rings is 1. The van der Waals surface area contributed by atoms with Crippen molar-refractivity contribution in [1.29, 1.82) is 0 Å². The standard InChI is InChI=1S/C16H23ClN2/c1-11(2)19-8-6-16(7-9-19)10-13-12(15(16)18)4-3-5-14(13)17/h3-5,11,15H,6-10,18H2,1-2H3/t15-/m0/s1. The summed E-state index contributed by atoms with van der Waals surface area (Å²) in [5.74, 6) is 0. The van der Waals surface area contributed by atoms with Gasteiger partial charge in [0.1, 0.15) is 0 Å². The molecular formula is C16H23ClN2. The summed E-state index contributed by atoms with van der Waals surface area (Å²) in [6.45, 7) is 6.88. The van der Waals surface area contributed by atoms with E-state index in [-0.39, 0.29) is 11.5 Å². The van der Waals surface area contributed by atoms with Crippen LogP contribution in [-0.2, 0) is 6.42 Å². The average molecular weight is 279 g/mol. The zero-order valence-corrected chi connectivity index (χ0v) is 12.6. The van der Waals surface area contributed by atoms with E-state index >= 15 is 0 Å². The van der Waals surface area contributed by atoms with E-state index < -0.39 is 0 Å². The maximum Gasteiger partial charge on any atom is 0.0441 e. The van der Waals surface area contributed by atoms with Gasteiger partial charge in [-0.3, -0.25) is 0 Å². The molecule has 0 bridgehead atoms. The van der Waals surface area contributed by atoms with E-state index in [9.17, 15) is 0 Å². The number of halogens is 1. The Morgan fingerprint density at radius 1 is 1.32 bits per heavy atom. The summed E-state index contributed by atoms with van der Waals surface area (Å²) in [7, 11) is 0. The van der Waals surface area contributed by atoms with Gasteiger partial charge < -0.3 is 10.6 Å². The number of benzene rings is 1. The maximum absolute atomic E-state index is 6.57. The Morgan fingerprint density at radius 3 is 2.58 bits per heavy atom. The third kappa shape index (κ3) is 2.10. The van der Waals surface area contributed by atoms with E-state index in [2.05, 4.69) is 24.8 Å². The molecule has 2 aliphatic rings. The van der Waals surface area contributed by atoms with Gasteiger partial charge >= 0.3 is 0 Å². The molecule has 1 aromatic carbocycles. The fourth-order valence-corrected chi connectivity index (χ4v) is 4.07. The lowest BCUT2D eigenvalue weighted by Gasteiger charge is -2.43. The number of hydrogen-bond acceptors (Lipinski definition) is 2. The monoisotopic (exact) mass is 278 g/mol. The van der Waals surface area contributed by atoms with Crippen LogP contribution in [-0.4, -0.2) is 24.0 Å². The van der Waals surface area contributed by atoms with Crippen LogP contribution in [0.2, 0.25) is 5.02 Å². The lowest BCUT2D eigenvalue weighted by Crippen LogP contribution is -2.46. The molecule has 1 atom stereocenters. The number of nitrogens with zero attached hydrogens (tertiary/aromatic N) is 1. The van der Waals surface area contributed by atoms with Crippen LogP contribution in [0.3, 0.4) is 0 Å². The van der Waals surface area contributed by atoms with Gasteiger partial charge in [-0.05, 0) is 68.8 Å². The van der Waals surface area contributed by atoms with Crippen LogP contribution in [0.4, 0.5) is 0 Å². The van der Waals surface area contributed by atoms with Gasteiger partial charge in [-0.25, -0.2) is 0 Å². The van der Waals surface area contributed by atoms with Crippen molar-refractivity contribution in [3.8, 4) is 0 Å². The smallest absolute Gasteiger partial charge is 0.0441 e. The molecule has 1 fully saturated rings. The van der Waals surface area contributed by atoms with Gasteiger partial charge in [-0.2, -0.15) is 0 Å². The number of nitrogens with two attached hydrogens (primary N) is 1. The summed E-state index contributed by atoms with van der Waals surface area (Å²) < 4.78 is 0. The van der Waals surface area contributed by atoms with Crippen molar-refractivity contribution in [3.05, 3.63) is 34.3 Å². The molecule has 1 spiro atoms. The van der Waals surface area contributed by atoms with Crippen LogP contribution in [0.5, 0.6) is 0 Å². The quantitative estimate of drug-likeness (QED) is 0.853. The predicted octanol–water partition coefficient (Wildman–Crippen LogP) is 3.39. The van der Waals surface area contributed by atoms with Gasteiger partial charge in [0.15, 0.2) is 0 Å². The second kappa shape index (κ2) is 4.76. The summed E-state index contributed by atoms with van der Waals surface area (Å²) in [4.78, 5) is 2.56. The SMILES string of the molecule is CC(C)N1CCC2(CC1)Cc1c(Cl)cccc1[C@@H]2N. The molecule has 1 saturated heterocycles. The van der Waals surface area contributed by atoms with Crippen molar-refractivity contribution in [2.75, 3.05) is 13.1 Å². The summed E-state index contributed by atoms with van der Waals surface area (Å²) in [6.07, 6.45) is 3.45. The largest absolute Gasteiger partial charge is 0.323 e. The van der Waals surface area contributed by atoms with E-state index in [0.717, 1.165) is 24.5 Å². The molecule has 104 valence electrons. The van der Waals surface area contributed by atoms with Crippen LogP contribution in [0.1, 0.15) is 43.9 Å². The molecule has 1 aromatic rings. The van der Waals surface area contributed by atoms with Crippen LogP contribution in [0, 0.1) is 5.41 Å². The number of likely N-dealkylation sites (tertiary alicyclic amines) is 1. The number of hydrogen-bond donors (Lipinski definition) is 1. The molecule has 2 nitrogen and oxygen atoms in total. The molecule has 1 aliphatic carbocycles. The van der Waals surface area contributed by atoms with Crippen molar-refractivity contribution in [1.82, 2.24) is 4.90 Å². The molecule has 0 radical (unpaired) electrons. The molecular weight excluding hydrogens is 256 g/mol. The fourth-order valence-electron chi connectivity index (χ4n) is 3.82. The molecule has 3 rings (SSSR count). The molecule has 3 heteroatoms. The van der Waals surface area contributed by atoms with Crippen molar-refractivity contribution < 1.29 is 0 Å². The van der Waals surface area contributed by atoms with Gasteiger partial charge in [0.05, 0.1) is 0 Å². The van der Waals surface area contributed by atoms with Crippen LogP contribution in [0.15, 0.2) is 18.2 Å². The van der Waals surface area contributed by atoms with Crippen molar-refractivity contribution in [2.45, 2.75) is 45.2 Å². The van der Waals surface area contributed by atoms with E-state index in [1.54, 1.807) is 0 Å². The Balaban J connectivity index is 1.84. The number of fused-ring (bicyclic) bond motifs is 1. The molecule has 0 aromatic heterocycles. The van der Waals surface area contributed by atoms with E-state index in [4.69, 9.17) is 17.3 Å². The predicted molar refractivity (Wildman–Crippen MR) is 80.5 cm³/mol. The Morgan fingerprint density at radius 2 is 2.00 bits per heavy atom. The van der Waals surface area contributed by atoms with Crippen molar-refractivity contribution >= 4 is 11.6 Å². The zero-order valence-electron chi connectivity index (χ0n) is 11.8. The van der Waals surface area contributed by atoms with Crippen molar-refractivity contribution in [3.63, 3.8) is 0 Å². The van der Waals surface area contributed by atoms with Gasteiger partial charge in [-0.1, -0.05) is 23.7 Å². The maximum atomic E-state index is 6.57. The third-order valence-corrected chi connectivity index (χ3v) is 5.56. The minimum absolute atomic E-state index is 0.163. The van der Waals surface area contributed by atoms with Crippen LogP contribution < -0.4 is 5.73 Å². The second-order valence-electron chi connectivity index (χ2n) is 6.45.